The average Bonchev–Trinajstić information content (AvgIpc) is 2.14. The van der Waals surface area contributed by atoms with Crippen LogP contribution in [-0.2, 0) is 0 Å². The van der Waals surface area contributed by atoms with E-state index in [0.29, 0.717) is 6.04 Å². The smallest absolute Gasteiger partial charge is 0.224 e. The maximum absolute atomic E-state index is 5.65. The lowest BCUT2D eigenvalue weighted by atomic mass is 10.2. The van der Waals surface area contributed by atoms with Gasteiger partial charge in [0.05, 0.1) is 0 Å². The summed E-state index contributed by atoms with van der Waals surface area (Å²) >= 11 is 5.65. The Kier molecular flexibility index (Phi) is 3.96. The summed E-state index contributed by atoms with van der Waals surface area (Å²) in [5, 5.41) is 3.57. The van der Waals surface area contributed by atoms with E-state index in [0.717, 1.165) is 18.7 Å². The normalized spacial score (nSPS) is 10.5. The van der Waals surface area contributed by atoms with Crippen LogP contribution in [0.25, 0.3) is 0 Å². The first-order chi connectivity index (χ1) is 6.26. The zero-order valence-electron chi connectivity index (χ0n) is 7.92. The highest BCUT2D eigenvalue weighted by atomic mass is 35.5. The maximum Gasteiger partial charge on any atom is 0.224 e. The minimum atomic E-state index is 0.288. The van der Waals surface area contributed by atoms with Crippen LogP contribution in [0.2, 0.25) is 5.28 Å². The molecule has 0 fully saturated rings. The Labute approximate surface area is 83.5 Å². The Morgan fingerprint density at radius 2 is 2.15 bits per heavy atom. The van der Waals surface area contributed by atoms with Gasteiger partial charge in [-0.2, -0.15) is 0 Å². The summed E-state index contributed by atoms with van der Waals surface area (Å²) in [6.07, 6.45) is 3.82. The molecule has 3 nitrogen and oxygen atoms in total. The van der Waals surface area contributed by atoms with Crippen molar-refractivity contribution in [3.63, 3.8) is 0 Å². The van der Waals surface area contributed by atoms with Crippen molar-refractivity contribution in [2.75, 3.05) is 5.32 Å². The van der Waals surface area contributed by atoms with Crippen LogP contribution < -0.4 is 5.32 Å². The molecule has 0 bridgehead atoms. The monoisotopic (exact) mass is 199 g/mol. The molecule has 0 saturated heterocycles. The minimum absolute atomic E-state index is 0.288. The molecule has 1 N–H and O–H groups in total. The van der Waals surface area contributed by atoms with E-state index in [4.69, 9.17) is 11.6 Å². The lowest BCUT2D eigenvalue weighted by molar-refractivity contribution is 0.668. The molecule has 0 saturated carbocycles. The minimum Gasteiger partial charge on any atom is -0.367 e. The van der Waals surface area contributed by atoms with Crippen molar-refractivity contribution in [3.8, 4) is 0 Å². The van der Waals surface area contributed by atoms with Crippen LogP contribution in [0.1, 0.15) is 26.7 Å². The molecule has 0 aliphatic heterocycles. The molecular formula is C9H14ClN3. The SMILES string of the molecule is CCC(CC)Nc1ccnc(Cl)n1. The predicted molar refractivity (Wildman–Crippen MR) is 55.0 cm³/mol. The third-order valence-corrected chi connectivity index (χ3v) is 2.15. The van der Waals surface area contributed by atoms with Crippen molar-refractivity contribution in [3.05, 3.63) is 17.5 Å². The Hall–Kier alpha value is -0.830. The lowest BCUT2D eigenvalue weighted by Crippen LogP contribution is -2.17. The Morgan fingerprint density at radius 3 is 2.69 bits per heavy atom. The van der Waals surface area contributed by atoms with E-state index in [1.807, 2.05) is 6.07 Å². The van der Waals surface area contributed by atoms with Gasteiger partial charge in [-0.25, -0.2) is 9.97 Å². The summed E-state index contributed by atoms with van der Waals surface area (Å²) in [5.74, 6) is 0.800. The second kappa shape index (κ2) is 5.02. The highest BCUT2D eigenvalue weighted by Gasteiger charge is 2.03. The van der Waals surface area contributed by atoms with Gasteiger partial charge in [0, 0.05) is 12.2 Å². The van der Waals surface area contributed by atoms with Crippen molar-refractivity contribution >= 4 is 17.4 Å². The molecule has 13 heavy (non-hydrogen) atoms. The second-order valence-electron chi connectivity index (χ2n) is 2.87. The first-order valence-electron chi connectivity index (χ1n) is 4.51. The van der Waals surface area contributed by atoms with Crippen molar-refractivity contribution in [1.29, 1.82) is 0 Å². The number of rotatable bonds is 4. The quantitative estimate of drug-likeness (QED) is 0.758. The van der Waals surface area contributed by atoms with Gasteiger partial charge >= 0.3 is 0 Å². The molecule has 0 atom stereocenters. The molecule has 0 unspecified atom stereocenters. The number of nitrogens with zero attached hydrogens (tertiary/aromatic N) is 2. The predicted octanol–water partition coefficient (Wildman–Crippen LogP) is 2.73. The molecule has 1 aromatic rings. The third kappa shape index (κ3) is 3.19. The van der Waals surface area contributed by atoms with Crippen LogP contribution in [0.15, 0.2) is 12.3 Å². The van der Waals surface area contributed by atoms with Crippen molar-refractivity contribution < 1.29 is 0 Å². The Balaban J connectivity index is 2.62. The molecule has 0 radical (unpaired) electrons. The molecule has 0 aliphatic carbocycles. The standard InChI is InChI=1S/C9H14ClN3/c1-3-7(4-2)12-8-5-6-11-9(10)13-8/h5-7H,3-4H2,1-2H3,(H,11,12,13). The summed E-state index contributed by atoms with van der Waals surface area (Å²) in [6.45, 7) is 4.29. The van der Waals surface area contributed by atoms with Crippen molar-refractivity contribution in [1.82, 2.24) is 9.97 Å². The number of hydrogen-bond donors (Lipinski definition) is 1. The van der Waals surface area contributed by atoms with Gasteiger partial charge in [0.25, 0.3) is 0 Å². The highest BCUT2D eigenvalue weighted by Crippen LogP contribution is 2.10. The van der Waals surface area contributed by atoms with E-state index < -0.39 is 0 Å². The van der Waals surface area contributed by atoms with Crippen molar-refractivity contribution in [2.24, 2.45) is 0 Å². The topological polar surface area (TPSA) is 37.8 Å². The molecule has 4 heteroatoms. The average molecular weight is 200 g/mol. The molecule has 0 amide bonds. The van der Waals surface area contributed by atoms with Crippen LogP contribution in [-0.4, -0.2) is 16.0 Å². The fraction of sp³-hybridized carbons (Fsp3) is 0.556. The number of aromatic nitrogens is 2. The van der Waals surface area contributed by atoms with Crippen LogP contribution in [0.5, 0.6) is 0 Å². The van der Waals surface area contributed by atoms with Gasteiger partial charge in [-0.15, -0.1) is 0 Å². The summed E-state index contributed by atoms with van der Waals surface area (Å²) < 4.78 is 0. The third-order valence-electron chi connectivity index (χ3n) is 1.96. The molecular weight excluding hydrogens is 186 g/mol. The number of nitrogens with one attached hydrogen (secondary N) is 1. The van der Waals surface area contributed by atoms with E-state index in [1.165, 1.54) is 0 Å². The Bertz CT molecular complexity index is 261. The number of hydrogen-bond acceptors (Lipinski definition) is 3. The molecule has 1 heterocycles. The highest BCUT2D eigenvalue weighted by molar-refractivity contribution is 6.28. The first kappa shape index (κ1) is 10.3. The molecule has 0 aromatic carbocycles. The van der Waals surface area contributed by atoms with E-state index in [2.05, 4.69) is 29.1 Å². The van der Waals surface area contributed by atoms with E-state index >= 15 is 0 Å². The van der Waals surface area contributed by atoms with Gasteiger partial charge < -0.3 is 5.32 Å². The van der Waals surface area contributed by atoms with Crippen LogP contribution >= 0.6 is 11.6 Å². The number of halogens is 1. The second-order valence-corrected chi connectivity index (χ2v) is 3.21. The molecule has 72 valence electrons. The summed E-state index contributed by atoms with van der Waals surface area (Å²) in [5.41, 5.74) is 0. The molecule has 0 aliphatic rings. The molecule has 0 spiro atoms. The van der Waals surface area contributed by atoms with Crippen molar-refractivity contribution in [2.45, 2.75) is 32.7 Å². The summed E-state index contributed by atoms with van der Waals surface area (Å²) in [4.78, 5) is 7.87. The maximum atomic E-state index is 5.65. The van der Waals surface area contributed by atoms with Gasteiger partial charge in [-0.1, -0.05) is 13.8 Å². The fourth-order valence-electron chi connectivity index (χ4n) is 1.12. The lowest BCUT2D eigenvalue weighted by Gasteiger charge is -2.14. The Morgan fingerprint density at radius 1 is 1.46 bits per heavy atom. The van der Waals surface area contributed by atoms with Gasteiger partial charge in [-0.05, 0) is 30.5 Å². The summed E-state index contributed by atoms with van der Waals surface area (Å²) in [7, 11) is 0. The molecule has 1 aromatic heterocycles. The fourth-order valence-corrected chi connectivity index (χ4v) is 1.26. The van der Waals surface area contributed by atoms with Gasteiger partial charge in [-0.3, -0.25) is 0 Å². The van der Waals surface area contributed by atoms with E-state index in [-0.39, 0.29) is 5.28 Å². The van der Waals surface area contributed by atoms with Crippen LogP contribution in [0.3, 0.4) is 0 Å². The zero-order valence-corrected chi connectivity index (χ0v) is 8.67. The van der Waals surface area contributed by atoms with Gasteiger partial charge in [0.1, 0.15) is 5.82 Å². The largest absolute Gasteiger partial charge is 0.367 e. The molecule has 1 rings (SSSR count). The van der Waals surface area contributed by atoms with E-state index in [1.54, 1.807) is 6.20 Å². The van der Waals surface area contributed by atoms with Crippen LogP contribution in [0, 0.1) is 0 Å². The summed E-state index contributed by atoms with van der Waals surface area (Å²) in [6, 6.07) is 2.29. The zero-order chi connectivity index (χ0) is 9.68. The van der Waals surface area contributed by atoms with Crippen LogP contribution in [0.4, 0.5) is 5.82 Å². The van der Waals surface area contributed by atoms with Gasteiger partial charge in [0.15, 0.2) is 0 Å². The first-order valence-corrected chi connectivity index (χ1v) is 4.89. The van der Waals surface area contributed by atoms with Gasteiger partial charge in [0.2, 0.25) is 5.28 Å². The number of anilines is 1. The van der Waals surface area contributed by atoms with E-state index in [9.17, 15) is 0 Å².